The van der Waals surface area contributed by atoms with Gasteiger partial charge >= 0.3 is 0 Å². The average molecular weight is 209 g/mol. The predicted molar refractivity (Wildman–Crippen MR) is 54.4 cm³/mol. The number of aliphatic hydroxyl groups is 1. The van der Waals surface area contributed by atoms with Crippen LogP contribution in [-0.2, 0) is 6.61 Å². The Kier molecular flexibility index (Phi) is 2.10. The largest absolute Gasteiger partial charge is 0.388 e. The molecular formula is C9H15N5O. The smallest absolute Gasteiger partial charge is 0.221 e. The first-order valence-corrected chi connectivity index (χ1v) is 5.39. The molecule has 0 bridgehead atoms. The van der Waals surface area contributed by atoms with Crippen LogP contribution >= 0.6 is 0 Å². The minimum absolute atomic E-state index is 0.0860. The van der Waals surface area contributed by atoms with E-state index in [2.05, 4.69) is 20.7 Å². The first kappa shape index (κ1) is 9.11. The van der Waals surface area contributed by atoms with Crippen LogP contribution in [0.2, 0.25) is 0 Å². The summed E-state index contributed by atoms with van der Waals surface area (Å²) in [6.07, 6.45) is 1.09. The van der Waals surface area contributed by atoms with Gasteiger partial charge in [0.2, 0.25) is 5.95 Å². The van der Waals surface area contributed by atoms with Crippen LogP contribution in [0.15, 0.2) is 0 Å². The van der Waals surface area contributed by atoms with Crippen molar-refractivity contribution in [1.82, 2.24) is 20.1 Å². The van der Waals surface area contributed by atoms with Crippen LogP contribution in [0.3, 0.4) is 0 Å². The van der Waals surface area contributed by atoms with E-state index in [4.69, 9.17) is 5.11 Å². The lowest BCUT2D eigenvalue weighted by atomic mass is 9.92. The number of aromatic nitrogens is 3. The Morgan fingerprint density at radius 1 is 1.47 bits per heavy atom. The predicted octanol–water partition coefficient (Wildman–Crippen LogP) is -0.653. The molecular weight excluding hydrogens is 194 g/mol. The lowest BCUT2D eigenvalue weighted by molar-refractivity contribution is 0.231. The number of hydrogen-bond acceptors (Lipinski definition) is 5. The van der Waals surface area contributed by atoms with Crippen LogP contribution in [0.4, 0.5) is 5.95 Å². The number of fused-ring (bicyclic) bond motifs is 3. The van der Waals surface area contributed by atoms with Crippen molar-refractivity contribution in [3.05, 3.63) is 5.82 Å². The molecule has 6 nitrogen and oxygen atoms in total. The molecule has 1 fully saturated rings. The Hall–Kier alpha value is -1.14. The summed E-state index contributed by atoms with van der Waals surface area (Å²) in [5.74, 6) is 1.90. The van der Waals surface area contributed by atoms with E-state index in [9.17, 15) is 0 Å². The maximum atomic E-state index is 9.00. The third kappa shape index (κ3) is 1.40. The molecule has 3 N–H and O–H groups in total. The molecule has 3 rings (SSSR count). The zero-order valence-corrected chi connectivity index (χ0v) is 8.48. The SMILES string of the molecule is OCc1nc2n(n1)C1CCNCC1CN2. The van der Waals surface area contributed by atoms with Crippen molar-refractivity contribution in [3.8, 4) is 0 Å². The Bertz CT molecular complexity index is 363. The van der Waals surface area contributed by atoms with Crippen LogP contribution in [0.1, 0.15) is 18.3 Å². The van der Waals surface area contributed by atoms with Crippen LogP contribution in [0.25, 0.3) is 0 Å². The van der Waals surface area contributed by atoms with Gasteiger partial charge in [0.1, 0.15) is 6.61 Å². The number of anilines is 1. The Morgan fingerprint density at radius 2 is 2.40 bits per heavy atom. The lowest BCUT2D eigenvalue weighted by Crippen LogP contribution is -2.44. The summed E-state index contributed by atoms with van der Waals surface area (Å²) in [6, 6.07) is 0.440. The molecule has 0 spiro atoms. The van der Waals surface area contributed by atoms with Gasteiger partial charge in [-0.15, -0.1) is 0 Å². The van der Waals surface area contributed by atoms with Crippen molar-refractivity contribution in [1.29, 1.82) is 0 Å². The van der Waals surface area contributed by atoms with Crippen LogP contribution in [0, 0.1) is 5.92 Å². The summed E-state index contributed by atoms with van der Waals surface area (Å²) in [7, 11) is 0. The van der Waals surface area contributed by atoms with E-state index in [-0.39, 0.29) is 6.61 Å². The van der Waals surface area contributed by atoms with E-state index in [0.29, 0.717) is 17.8 Å². The third-order valence-electron chi connectivity index (χ3n) is 3.22. The standard InChI is InChI=1S/C9H15N5O/c15-5-8-12-9-11-4-6-3-10-2-1-7(6)14(9)13-8/h6-7,10,15H,1-5H2,(H,11,12,13). The maximum Gasteiger partial charge on any atom is 0.221 e. The highest BCUT2D eigenvalue weighted by Gasteiger charge is 2.33. The van der Waals surface area contributed by atoms with E-state index < -0.39 is 0 Å². The minimum Gasteiger partial charge on any atom is -0.388 e. The van der Waals surface area contributed by atoms with Gasteiger partial charge < -0.3 is 15.7 Å². The first-order chi connectivity index (χ1) is 7.38. The molecule has 0 saturated carbocycles. The second-order valence-electron chi connectivity index (χ2n) is 4.16. The monoisotopic (exact) mass is 209 g/mol. The molecule has 2 aliphatic rings. The summed E-state index contributed by atoms with van der Waals surface area (Å²) < 4.78 is 1.94. The fraction of sp³-hybridized carbons (Fsp3) is 0.778. The fourth-order valence-corrected chi connectivity index (χ4v) is 2.45. The molecule has 82 valence electrons. The van der Waals surface area contributed by atoms with E-state index in [1.54, 1.807) is 0 Å². The van der Waals surface area contributed by atoms with Crippen molar-refractivity contribution >= 4 is 5.95 Å². The second-order valence-corrected chi connectivity index (χ2v) is 4.16. The molecule has 3 heterocycles. The summed E-state index contributed by atoms with van der Waals surface area (Å²) in [4.78, 5) is 4.23. The number of piperidine rings is 1. The summed E-state index contributed by atoms with van der Waals surface area (Å²) >= 11 is 0. The molecule has 1 aromatic rings. The van der Waals surface area contributed by atoms with Crippen molar-refractivity contribution in [2.45, 2.75) is 19.1 Å². The van der Waals surface area contributed by atoms with Gasteiger partial charge in [0, 0.05) is 19.0 Å². The van der Waals surface area contributed by atoms with Crippen molar-refractivity contribution < 1.29 is 5.11 Å². The summed E-state index contributed by atoms with van der Waals surface area (Å²) in [5.41, 5.74) is 0. The van der Waals surface area contributed by atoms with Crippen molar-refractivity contribution in [2.75, 3.05) is 25.0 Å². The van der Waals surface area contributed by atoms with Gasteiger partial charge in [-0.1, -0.05) is 0 Å². The van der Waals surface area contributed by atoms with Gasteiger partial charge in [-0.25, -0.2) is 4.68 Å². The molecule has 2 unspecified atom stereocenters. The third-order valence-corrected chi connectivity index (χ3v) is 3.22. The molecule has 1 saturated heterocycles. The van der Waals surface area contributed by atoms with Crippen molar-refractivity contribution in [2.24, 2.45) is 5.92 Å². The van der Waals surface area contributed by atoms with Gasteiger partial charge in [-0.3, -0.25) is 0 Å². The van der Waals surface area contributed by atoms with Crippen LogP contribution in [0.5, 0.6) is 0 Å². The van der Waals surface area contributed by atoms with E-state index in [1.165, 1.54) is 0 Å². The Morgan fingerprint density at radius 3 is 3.27 bits per heavy atom. The van der Waals surface area contributed by atoms with Gasteiger partial charge in [0.05, 0.1) is 6.04 Å². The fourth-order valence-electron chi connectivity index (χ4n) is 2.45. The zero-order chi connectivity index (χ0) is 10.3. The normalized spacial score (nSPS) is 29.1. The number of nitrogens with one attached hydrogen (secondary N) is 2. The van der Waals surface area contributed by atoms with Gasteiger partial charge in [0.15, 0.2) is 5.82 Å². The van der Waals surface area contributed by atoms with E-state index in [1.807, 2.05) is 4.68 Å². The lowest BCUT2D eigenvalue weighted by Gasteiger charge is -2.36. The Labute approximate surface area is 87.7 Å². The van der Waals surface area contributed by atoms with Gasteiger partial charge in [-0.05, 0) is 13.0 Å². The highest BCUT2D eigenvalue weighted by molar-refractivity contribution is 5.29. The molecule has 1 aromatic heterocycles. The molecule has 0 aromatic carbocycles. The number of rotatable bonds is 1. The number of aliphatic hydroxyl groups excluding tert-OH is 1. The molecule has 2 aliphatic heterocycles. The number of hydrogen-bond donors (Lipinski definition) is 3. The summed E-state index contributed by atoms with van der Waals surface area (Å²) in [6.45, 7) is 2.93. The highest BCUT2D eigenvalue weighted by atomic mass is 16.3. The zero-order valence-electron chi connectivity index (χ0n) is 8.48. The van der Waals surface area contributed by atoms with Gasteiger partial charge in [-0.2, -0.15) is 10.1 Å². The molecule has 2 atom stereocenters. The molecule has 0 aliphatic carbocycles. The van der Waals surface area contributed by atoms with Gasteiger partial charge in [0.25, 0.3) is 0 Å². The Balaban J connectivity index is 1.95. The molecule has 0 amide bonds. The summed E-state index contributed by atoms with van der Waals surface area (Å²) in [5, 5.41) is 20.0. The van der Waals surface area contributed by atoms with E-state index in [0.717, 1.165) is 32.0 Å². The van der Waals surface area contributed by atoms with E-state index >= 15 is 0 Å². The first-order valence-electron chi connectivity index (χ1n) is 5.39. The number of nitrogens with zero attached hydrogens (tertiary/aromatic N) is 3. The second kappa shape index (κ2) is 3.46. The molecule has 0 radical (unpaired) electrons. The maximum absolute atomic E-state index is 9.00. The van der Waals surface area contributed by atoms with Crippen LogP contribution < -0.4 is 10.6 Å². The topological polar surface area (TPSA) is 75.0 Å². The van der Waals surface area contributed by atoms with Crippen molar-refractivity contribution in [3.63, 3.8) is 0 Å². The average Bonchev–Trinajstić information content (AvgIpc) is 2.72. The highest BCUT2D eigenvalue weighted by Crippen LogP contribution is 2.30. The molecule has 15 heavy (non-hydrogen) atoms. The quantitative estimate of drug-likeness (QED) is 0.573. The van der Waals surface area contributed by atoms with Crippen LogP contribution in [-0.4, -0.2) is 39.5 Å². The molecule has 6 heteroatoms. The minimum atomic E-state index is -0.0860.